The van der Waals surface area contributed by atoms with Gasteiger partial charge in [0, 0.05) is 11.1 Å². The van der Waals surface area contributed by atoms with E-state index in [1.165, 1.54) is 5.56 Å². The van der Waals surface area contributed by atoms with Crippen LogP contribution >= 0.6 is 22.7 Å². The van der Waals surface area contributed by atoms with Gasteiger partial charge >= 0.3 is 0 Å². The maximum absolute atomic E-state index is 12.3. The highest BCUT2D eigenvalue weighted by molar-refractivity contribution is 7.20. The fourth-order valence-electron chi connectivity index (χ4n) is 2.63. The lowest BCUT2D eigenvalue weighted by atomic mass is 10.0. The van der Waals surface area contributed by atoms with Gasteiger partial charge in [-0.1, -0.05) is 23.8 Å². The highest BCUT2D eigenvalue weighted by Gasteiger charge is 2.12. The topological polar surface area (TPSA) is 42.0 Å². The van der Waals surface area contributed by atoms with Gasteiger partial charge in [-0.25, -0.2) is 4.98 Å². The normalized spacial score (nSPS) is 10.7. The molecular formula is C18H18N2OS2. The second kappa shape index (κ2) is 6.64. The van der Waals surface area contributed by atoms with Crippen molar-refractivity contribution in [2.75, 3.05) is 5.32 Å². The number of benzene rings is 1. The summed E-state index contributed by atoms with van der Waals surface area (Å²) in [5.41, 5.74) is 5.12. The van der Waals surface area contributed by atoms with Crippen LogP contribution in [0.2, 0.25) is 0 Å². The number of amides is 1. The molecule has 5 heteroatoms. The third-order valence-corrected chi connectivity index (χ3v) is 5.50. The Bertz CT molecular complexity index is 812. The minimum Gasteiger partial charge on any atom is -0.325 e. The number of carbonyl (C=O) groups excluding carboxylic acids is 1. The lowest BCUT2D eigenvalue weighted by Gasteiger charge is -2.12. The van der Waals surface area contributed by atoms with Gasteiger partial charge in [0.1, 0.15) is 5.01 Å². The fraction of sp³-hybridized carbons (Fsp3) is 0.222. The van der Waals surface area contributed by atoms with E-state index in [2.05, 4.69) is 29.4 Å². The Labute approximate surface area is 144 Å². The van der Waals surface area contributed by atoms with Gasteiger partial charge in [0.2, 0.25) is 5.91 Å². The van der Waals surface area contributed by atoms with Crippen molar-refractivity contribution in [2.24, 2.45) is 0 Å². The lowest BCUT2D eigenvalue weighted by Crippen LogP contribution is -2.16. The van der Waals surface area contributed by atoms with Crippen LogP contribution in [0.3, 0.4) is 0 Å². The first-order valence-electron chi connectivity index (χ1n) is 7.39. The number of aromatic nitrogens is 1. The number of carbonyl (C=O) groups is 1. The van der Waals surface area contributed by atoms with Crippen LogP contribution in [0.25, 0.3) is 9.88 Å². The van der Waals surface area contributed by atoms with Crippen LogP contribution in [0, 0.1) is 20.8 Å². The van der Waals surface area contributed by atoms with Crippen LogP contribution in [0.15, 0.2) is 35.0 Å². The average molecular weight is 342 g/mol. The van der Waals surface area contributed by atoms with Crippen molar-refractivity contribution in [1.82, 2.24) is 4.98 Å². The lowest BCUT2D eigenvalue weighted by molar-refractivity contribution is -0.115. The Morgan fingerprint density at radius 1 is 1.17 bits per heavy atom. The molecule has 2 aromatic heterocycles. The molecular weight excluding hydrogens is 324 g/mol. The summed E-state index contributed by atoms with van der Waals surface area (Å²) in [5, 5.41) is 8.00. The molecule has 0 saturated carbocycles. The van der Waals surface area contributed by atoms with E-state index in [1.807, 2.05) is 36.7 Å². The number of nitrogens with one attached hydrogen (secondary N) is 1. The second-order valence-corrected chi connectivity index (χ2v) is 7.43. The first-order valence-corrected chi connectivity index (χ1v) is 9.15. The zero-order valence-electron chi connectivity index (χ0n) is 13.3. The van der Waals surface area contributed by atoms with Gasteiger partial charge in [-0.15, -0.1) is 22.7 Å². The van der Waals surface area contributed by atoms with Crippen LogP contribution in [-0.4, -0.2) is 10.9 Å². The van der Waals surface area contributed by atoms with Crippen molar-refractivity contribution in [2.45, 2.75) is 27.2 Å². The summed E-state index contributed by atoms with van der Waals surface area (Å²) < 4.78 is 0. The molecule has 0 aliphatic rings. The summed E-state index contributed by atoms with van der Waals surface area (Å²) in [4.78, 5) is 18.0. The molecule has 3 nitrogen and oxygen atoms in total. The second-order valence-electron chi connectivity index (χ2n) is 5.62. The van der Waals surface area contributed by atoms with Crippen molar-refractivity contribution in [3.63, 3.8) is 0 Å². The Morgan fingerprint density at radius 3 is 2.57 bits per heavy atom. The molecule has 0 atom stereocenters. The molecule has 118 valence electrons. The van der Waals surface area contributed by atoms with Gasteiger partial charge in [0.05, 0.1) is 17.0 Å². The largest absolute Gasteiger partial charge is 0.325 e. The third kappa shape index (κ3) is 3.68. The van der Waals surface area contributed by atoms with Crippen LogP contribution in [-0.2, 0) is 11.2 Å². The Kier molecular flexibility index (Phi) is 4.59. The van der Waals surface area contributed by atoms with E-state index in [4.69, 9.17) is 0 Å². The van der Waals surface area contributed by atoms with Crippen LogP contribution in [0.4, 0.5) is 5.69 Å². The summed E-state index contributed by atoms with van der Waals surface area (Å²) in [6.07, 6.45) is 0.300. The van der Waals surface area contributed by atoms with Gasteiger partial charge in [-0.2, -0.15) is 0 Å². The minimum absolute atomic E-state index is 0.0249. The van der Waals surface area contributed by atoms with E-state index >= 15 is 0 Å². The first-order chi connectivity index (χ1) is 11.0. The van der Waals surface area contributed by atoms with E-state index in [0.29, 0.717) is 6.42 Å². The first kappa shape index (κ1) is 15.9. The van der Waals surface area contributed by atoms with Crippen molar-refractivity contribution in [3.05, 3.63) is 57.4 Å². The highest BCUT2D eigenvalue weighted by atomic mass is 32.1. The number of nitrogens with zero attached hydrogens (tertiary/aromatic N) is 1. The average Bonchev–Trinajstić information content (AvgIpc) is 3.13. The molecule has 23 heavy (non-hydrogen) atoms. The van der Waals surface area contributed by atoms with E-state index in [0.717, 1.165) is 32.4 Å². The van der Waals surface area contributed by atoms with Crippen LogP contribution < -0.4 is 5.32 Å². The van der Waals surface area contributed by atoms with Crippen molar-refractivity contribution in [3.8, 4) is 9.88 Å². The molecule has 3 rings (SSSR count). The number of hydrogen-bond donors (Lipinski definition) is 1. The molecule has 0 unspecified atom stereocenters. The predicted molar refractivity (Wildman–Crippen MR) is 98.4 cm³/mol. The number of anilines is 1. The maximum atomic E-state index is 12.3. The highest BCUT2D eigenvalue weighted by Crippen LogP contribution is 2.28. The van der Waals surface area contributed by atoms with E-state index in [1.54, 1.807) is 22.7 Å². The zero-order chi connectivity index (χ0) is 16.4. The number of rotatable bonds is 4. The van der Waals surface area contributed by atoms with E-state index in [-0.39, 0.29) is 5.91 Å². The summed E-state index contributed by atoms with van der Waals surface area (Å²) in [7, 11) is 0. The quantitative estimate of drug-likeness (QED) is 0.726. The third-order valence-electron chi connectivity index (χ3n) is 3.57. The SMILES string of the molecule is Cc1cc(C)c(NC(=O)Cc2csc(-c3cccs3)n2)c(C)c1. The summed E-state index contributed by atoms with van der Waals surface area (Å²) in [6.45, 7) is 6.10. The van der Waals surface area contributed by atoms with Crippen molar-refractivity contribution >= 4 is 34.3 Å². The standard InChI is InChI=1S/C18H18N2OS2/c1-11-7-12(2)17(13(3)8-11)20-16(21)9-14-10-23-18(19-14)15-5-4-6-22-15/h4-8,10H,9H2,1-3H3,(H,20,21). The van der Waals surface area contributed by atoms with Gasteiger partial charge in [0.15, 0.2) is 0 Å². The fourth-order valence-corrected chi connectivity index (χ4v) is 4.26. The molecule has 3 aromatic rings. The molecule has 1 amide bonds. The maximum Gasteiger partial charge on any atom is 0.230 e. The molecule has 0 spiro atoms. The summed E-state index contributed by atoms with van der Waals surface area (Å²) in [6, 6.07) is 8.23. The van der Waals surface area contributed by atoms with Crippen LogP contribution in [0.5, 0.6) is 0 Å². The molecule has 0 bridgehead atoms. The molecule has 0 radical (unpaired) electrons. The number of thiazole rings is 1. The molecule has 1 N–H and O–H groups in total. The molecule has 0 saturated heterocycles. The number of thiophene rings is 1. The molecule has 0 fully saturated rings. The Balaban J connectivity index is 1.71. The van der Waals surface area contributed by atoms with Gasteiger partial charge in [-0.3, -0.25) is 4.79 Å². The molecule has 2 heterocycles. The monoisotopic (exact) mass is 342 g/mol. The predicted octanol–water partition coefficient (Wildman–Crippen LogP) is 4.98. The van der Waals surface area contributed by atoms with Crippen LogP contribution in [0.1, 0.15) is 22.4 Å². The Morgan fingerprint density at radius 2 is 1.91 bits per heavy atom. The molecule has 0 aliphatic carbocycles. The summed E-state index contributed by atoms with van der Waals surface area (Å²) in [5.74, 6) is -0.0249. The Hall–Kier alpha value is -1.98. The zero-order valence-corrected chi connectivity index (χ0v) is 15.0. The van der Waals surface area contributed by atoms with Crippen molar-refractivity contribution < 1.29 is 4.79 Å². The van der Waals surface area contributed by atoms with E-state index in [9.17, 15) is 4.79 Å². The summed E-state index contributed by atoms with van der Waals surface area (Å²) >= 11 is 3.25. The van der Waals surface area contributed by atoms with E-state index < -0.39 is 0 Å². The minimum atomic E-state index is -0.0249. The molecule has 1 aromatic carbocycles. The van der Waals surface area contributed by atoms with Gasteiger partial charge < -0.3 is 5.32 Å². The van der Waals surface area contributed by atoms with Gasteiger partial charge in [-0.05, 0) is 43.3 Å². The molecule has 0 aliphatic heterocycles. The van der Waals surface area contributed by atoms with Crippen molar-refractivity contribution in [1.29, 1.82) is 0 Å². The smallest absolute Gasteiger partial charge is 0.230 e. The number of aryl methyl sites for hydroxylation is 3. The number of hydrogen-bond acceptors (Lipinski definition) is 4. The van der Waals surface area contributed by atoms with Gasteiger partial charge in [0.25, 0.3) is 0 Å².